The van der Waals surface area contributed by atoms with Gasteiger partial charge >= 0.3 is 0 Å². The van der Waals surface area contributed by atoms with Gasteiger partial charge in [0.05, 0.1) is 20.6 Å². The lowest BCUT2D eigenvalue weighted by atomic mass is 10.1. The van der Waals surface area contributed by atoms with Crippen molar-refractivity contribution in [2.24, 2.45) is 0 Å². The zero-order valence-corrected chi connectivity index (χ0v) is 25.6. The molecule has 3 aromatic rings. The van der Waals surface area contributed by atoms with Gasteiger partial charge in [-0.05, 0) is 73.9 Å². The molecule has 3 aromatic carbocycles. The largest absolute Gasteiger partial charge is 0.354 e. The van der Waals surface area contributed by atoms with Gasteiger partial charge in [0.25, 0.3) is 10.0 Å². The smallest absolute Gasteiger partial charge is 0.264 e. The van der Waals surface area contributed by atoms with Crippen LogP contribution < -0.4 is 9.62 Å². The average molecular weight is 623 g/mol. The van der Waals surface area contributed by atoms with Crippen LogP contribution >= 0.6 is 23.2 Å². The van der Waals surface area contributed by atoms with Crippen molar-refractivity contribution in [1.82, 2.24) is 10.2 Å². The van der Waals surface area contributed by atoms with Crippen molar-refractivity contribution in [3.8, 4) is 0 Å². The van der Waals surface area contributed by atoms with E-state index in [-0.39, 0.29) is 28.1 Å². The van der Waals surface area contributed by atoms with E-state index in [9.17, 15) is 22.4 Å². The van der Waals surface area contributed by atoms with Gasteiger partial charge in [-0.3, -0.25) is 13.9 Å². The van der Waals surface area contributed by atoms with Crippen LogP contribution in [0, 0.1) is 12.7 Å². The second-order valence-electron chi connectivity index (χ2n) is 9.64. The number of benzene rings is 3. The van der Waals surface area contributed by atoms with Crippen molar-refractivity contribution in [3.05, 3.63) is 93.7 Å². The maximum atomic E-state index is 14.0. The highest BCUT2D eigenvalue weighted by Gasteiger charge is 2.33. The van der Waals surface area contributed by atoms with E-state index in [1.807, 2.05) is 13.8 Å². The van der Waals surface area contributed by atoms with E-state index in [1.54, 1.807) is 49.4 Å². The van der Waals surface area contributed by atoms with Crippen LogP contribution in [0.25, 0.3) is 0 Å². The number of halogens is 3. The maximum Gasteiger partial charge on any atom is 0.264 e. The van der Waals surface area contributed by atoms with Crippen LogP contribution in [0.1, 0.15) is 44.2 Å². The van der Waals surface area contributed by atoms with Gasteiger partial charge in [-0.1, -0.05) is 67.2 Å². The molecular formula is C30H34Cl2FN3O4S. The first kappa shape index (κ1) is 32.4. The highest BCUT2D eigenvalue weighted by Crippen LogP contribution is 2.27. The van der Waals surface area contributed by atoms with Crippen LogP contribution in [0.2, 0.25) is 10.0 Å². The van der Waals surface area contributed by atoms with Gasteiger partial charge < -0.3 is 10.2 Å². The van der Waals surface area contributed by atoms with Crippen molar-refractivity contribution in [3.63, 3.8) is 0 Å². The Balaban J connectivity index is 2.04. The Morgan fingerprint density at radius 2 is 1.61 bits per heavy atom. The highest BCUT2D eigenvalue weighted by atomic mass is 35.5. The number of hydrogen-bond donors (Lipinski definition) is 1. The summed E-state index contributed by atoms with van der Waals surface area (Å²) in [6.45, 7) is 5.50. The summed E-state index contributed by atoms with van der Waals surface area (Å²) >= 11 is 12.3. The minimum Gasteiger partial charge on any atom is -0.354 e. The fourth-order valence-corrected chi connectivity index (χ4v) is 5.97. The molecule has 0 saturated carbocycles. The minimum absolute atomic E-state index is 0.00619. The van der Waals surface area contributed by atoms with Crippen molar-refractivity contribution in [1.29, 1.82) is 0 Å². The summed E-state index contributed by atoms with van der Waals surface area (Å²) in [7, 11) is -4.29. The molecule has 2 amide bonds. The van der Waals surface area contributed by atoms with Crippen LogP contribution in [0.15, 0.2) is 71.6 Å². The number of hydrogen-bond acceptors (Lipinski definition) is 4. The standard InChI is InChI=1S/C30H34Cl2FN3O4S/c1-4-6-17-34-30(38)28(5-2)35(19-22-9-16-26(31)27(32)18-22)29(37)20-36(24-12-7-21(3)8-13-24)41(39,40)25-14-10-23(33)11-15-25/h7-16,18,28H,4-6,17,19-20H2,1-3H3,(H,34,38)/t28-/m0/s1. The van der Waals surface area contributed by atoms with Gasteiger partial charge in [-0.15, -0.1) is 0 Å². The molecule has 0 aliphatic rings. The predicted molar refractivity (Wildman–Crippen MR) is 161 cm³/mol. The minimum atomic E-state index is -4.29. The molecule has 0 saturated heterocycles. The zero-order valence-electron chi connectivity index (χ0n) is 23.2. The molecular weight excluding hydrogens is 588 g/mol. The van der Waals surface area contributed by atoms with Crippen molar-refractivity contribution in [2.75, 3.05) is 17.4 Å². The van der Waals surface area contributed by atoms with Gasteiger partial charge in [0.15, 0.2) is 0 Å². The number of aryl methyl sites for hydroxylation is 1. The van der Waals surface area contributed by atoms with Gasteiger partial charge in [-0.2, -0.15) is 0 Å². The van der Waals surface area contributed by atoms with Gasteiger partial charge in [0.1, 0.15) is 18.4 Å². The molecule has 220 valence electrons. The predicted octanol–water partition coefficient (Wildman–Crippen LogP) is 6.36. The number of nitrogens with one attached hydrogen (secondary N) is 1. The third kappa shape index (κ3) is 8.44. The van der Waals surface area contributed by atoms with E-state index < -0.39 is 34.3 Å². The zero-order chi connectivity index (χ0) is 30.2. The molecule has 1 N–H and O–H groups in total. The Morgan fingerprint density at radius 1 is 0.951 bits per heavy atom. The lowest BCUT2D eigenvalue weighted by Crippen LogP contribution is -2.52. The van der Waals surface area contributed by atoms with Crippen LogP contribution in [0.3, 0.4) is 0 Å². The van der Waals surface area contributed by atoms with Crippen molar-refractivity contribution < 1.29 is 22.4 Å². The Bertz CT molecular complexity index is 1450. The molecule has 0 heterocycles. The molecule has 0 aliphatic heterocycles. The summed E-state index contributed by atoms with van der Waals surface area (Å²) in [5, 5.41) is 3.51. The first-order chi connectivity index (χ1) is 19.5. The third-order valence-electron chi connectivity index (χ3n) is 6.55. The lowest BCUT2D eigenvalue weighted by Gasteiger charge is -2.33. The normalized spacial score (nSPS) is 12.0. The van der Waals surface area contributed by atoms with Crippen LogP contribution in [0.5, 0.6) is 0 Å². The van der Waals surface area contributed by atoms with Crippen molar-refractivity contribution in [2.45, 2.75) is 57.5 Å². The van der Waals surface area contributed by atoms with E-state index in [2.05, 4.69) is 5.32 Å². The maximum absolute atomic E-state index is 14.0. The second kappa shape index (κ2) is 14.7. The molecule has 41 heavy (non-hydrogen) atoms. The molecule has 11 heteroatoms. The van der Waals surface area contributed by atoms with E-state index >= 15 is 0 Å². The molecule has 1 atom stereocenters. The summed E-state index contributed by atoms with van der Waals surface area (Å²) in [5.41, 5.74) is 1.77. The molecule has 0 spiro atoms. The Hall–Kier alpha value is -3.14. The summed E-state index contributed by atoms with van der Waals surface area (Å²) < 4.78 is 42.2. The van der Waals surface area contributed by atoms with E-state index in [0.717, 1.165) is 47.0 Å². The molecule has 0 fully saturated rings. The first-order valence-electron chi connectivity index (χ1n) is 13.3. The Labute approximate surface area is 251 Å². The van der Waals surface area contributed by atoms with Crippen LogP contribution in [-0.2, 0) is 26.2 Å². The highest BCUT2D eigenvalue weighted by molar-refractivity contribution is 7.92. The summed E-state index contributed by atoms with van der Waals surface area (Å²) in [6.07, 6.45) is 1.95. The summed E-state index contributed by atoms with van der Waals surface area (Å²) in [4.78, 5) is 28.5. The van der Waals surface area contributed by atoms with E-state index in [4.69, 9.17) is 23.2 Å². The fourth-order valence-electron chi connectivity index (χ4n) is 4.23. The van der Waals surface area contributed by atoms with Gasteiger partial charge in [0, 0.05) is 13.1 Å². The number of amides is 2. The van der Waals surface area contributed by atoms with Crippen molar-refractivity contribution >= 4 is 50.7 Å². The lowest BCUT2D eigenvalue weighted by molar-refractivity contribution is -0.140. The SMILES string of the molecule is CCCCNC(=O)[C@H](CC)N(Cc1ccc(Cl)c(Cl)c1)C(=O)CN(c1ccc(C)cc1)S(=O)(=O)c1ccc(F)cc1. The van der Waals surface area contributed by atoms with Gasteiger partial charge in [-0.25, -0.2) is 12.8 Å². The average Bonchev–Trinajstić information content (AvgIpc) is 2.94. The second-order valence-corrected chi connectivity index (χ2v) is 12.3. The summed E-state index contributed by atoms with van der Waals surface area (Å²) in [6, 6.07) is 15.1. The van der Waals surface area contributed by atoms with E-state index in [0.29, 0.717) is 23.6 Å². The number of sulfonamides is 1. The Morgan fingerprint density at radius 3 is 2.20 bits per heavy atom. The van der Waals surface area contributed by atoms with Crippen LogP contribution in [-0.4, -0.2) is 44.3 Å². The third-order valence-corrected chi connectivity index (χ3v) is 9.08. The Kier molecular flexibility index (Phi) is 11.6. The van der Waals surface area contributed by atoms with Gasteiger partial charge in [0.2, 0.25) is 11.8 Å². The molecule has 0 radical (unpaired) electrons. The first-order valence-corrected chi connectivity index (χ1v) is 15.5. The quantitative estimate of drug-likeness (QED) is 0.225. The fraction of sp³-hybridized carbons (Fsp3) is 0.333. The molecule has 0 aliphatic carbocycles. The monoisotopic (exact) mass is 621 g/mol. The number of rotatable bonds is 13. The molecule has 7 nitrogen and oxygen atoms in total. The van der Waals surface area contributed by atoms with Crippen LogP contribution in [0.4, 0.5) is 10.1 Å². The summed E-state index contributed by atoms with van der Waals surface area (Å²) in [5.74, 6) is -1.52. The van der Waals surface area contributed by atoms with E-state index in [1.165, 1.54) is 4.90 Å². The molecule has 3 rings (SSSR count). The number of nitrogens with zero attached hydrogens (tertiary/aromatic N) is 2. The molecule has 0 bridgehead atoms. The topological polar surface area (TPSA) is 86.8 Å². The number of carbonyl (C=O) groups is 2. The number of unbranched alkanes of at least 4 members (excludes halogenated alkanes) is 1. The molecule has 0 unspecified atom stereocenters. The number of carbonyl (C=O) groups excluding carboxylic acids is 2. The number of anilines is 1. The molecule has 0 aromatic heterocycles.